The van der Waals surface area contributed by atoms with E-state index in [1.165, 1.54) is 12.0 Å². The van der Waals surface area contributed by atoms with Gasteiger partial charge in [0.25, 0.3) is 17.7 Å². The van der Waals surface area contributed by atoms with Crippen molar-refractivity contribution >= 4 is 23.5 Å². The molecule has 1 aliphatic heterocycles. The fourth-order valence-corrected chi connectivity index (χ4v) is 3.97. The summed E-state index contributed by atoms with van der Waals surface area (Å²) < 4.78 is 7.08. The van der Waals surface area contributed by atoms with Crippen molar-refractivity contribution in [3.63, 3.8) is 0 Å². The van der Waals surface area contributed by atoms with E-state index < -0.39 is 5.91 Å². The van der Waals surface area contributed by atoms with Crippen LogP contribution in [0.5, 0.6) is 5.75 Å². The monoisotopic (exact) mass is 467 g/mol. The van der Waals surface area contributed by atoms with E-state index in [1.54, 1.807) is 71.8 Å². The molecule has 1 N–H and O–H groups in total. The van der Waals surface area contributed by atoms with Gasteiger partial charge in [0.2, 0.25) is 0 Å². The van der Waals surface area contributed by atoms with Gasteiger partial charge in [-0.3, -0.25) is 28.9 Å². The van der Waals surface area contributed by atoms with Crippen LogP contribution in [0.3, 0.4) is 0 Å². The Labute approximate surface area is 201 Å². The first-order chi connectivity index (χ1) is 17.0. The van der Waals surface area contributed by atoms with E-state index in [9.17, 15) is 14.4 Å². The lowest BCUT2D eigenvalue weighted by molar-refractivity contribution is 0.0642. The Balaban J connectivity index is 1.33. The molecule has 174 valence electrons. The fourth-order valence-electron chi connectivity index (χ4n) is 3.97. The maximum Gasteiger partial charge on any atom is 0.261 e. The summed E-state index contributed by atoms with van der Waals surface area (Å²) in [7, 11) is 1.47. The molecule has 0 saturated carbocycles. The number of amides is 3. The number of carbonyl (C=O) groups is 3. The van der Waals surface area contributed by atoms with Crippen LogP contribution in [0, 0.1) is 0 Å². The predicted molar refractivity (Wildman–Crippen MR) is 127 cm³/mol. The first kappa shape index (κ1) is 22.0. The lowest BCUT2D eigenvalue weighted by atomic mass is 10.1. The number of pyridine rings is 1. The maximum absolute atomic E-state index is 13.1. The number of carbonyl (C=O) groups excluding carboxylic acids is 3. The number of ether oxygens (including phenoxy) is 1. The Kier molecular flexibility index (Phi) is 5.80. The standard InChI is InChI=1S/C26H21N5O4/c1-35-22-7-6-18(16-31-25(33)19-4-2-3-5-20(19)26(31)34)14-21(22)24(32)28-23-10-13-30(29-23)15-17-8-11-27-12-9-17/h2-14H,15-16H2,1H3,(H,28,29,32). The predicted octanol–water partition coefficient (Wildman–Crippen LogP) is 3.38. The SMILES string of the molecule is COc1ccc(CN2C(=O)c3ccccc3C2=O)cc1C(=O)Nc1ccn(Cc2ccncc2)n1. The highest BCUT2D eigenvalue weighted by Gasteiger charge is 2.35. The number of rotatable bonds is 7. The molecule has 0 fully saturated rings. The van der Waals surface area contributed by atoms with Gasteiger partial charge in [0.15, 0.2) is 5.82 Å². The Morgan fingerprint density at radius 2 is 1.63 bits per heavy atom. The van der Waals surface area contributed by atoms with Crippen molar-refractivity contribution in [3.05, 3.63) is 107 Å². The molecule has 2 aromatic carbocycles. The zero-order valence-corrected chi connectivity index (χ0v) is 18.8. The molecule has 2 aromatic heterocycles. The molecule has 3 amide bonds. The number of aromatic nitrogens is 3. The highest BCUT2D eigenvalue weighted by atomic mass is 16.5. The van der Waals surface area contributed by atoms with Crippen LogP contribution < -0.4 is 10.1 Å². The van der Waals surface area contributed by atoms with Crippen molar-refractivity contribution in [1.29, 1.82) is 0 Å². The largest absolute Gasteiger partial charge is 0.496 e. The van der Waals surface area contributed by atoms with Gasteiger partial charge < -0.3 is 10.1 Å². The second-order valence-electron chi connectivity index (χ2n) is 7.98. The molecular formula is C26H21N5O4. The second kappa shape index (κ2) is 9.22. The first-order valence-corrected chi connectivity index (χ1v) is 10.9. The summed E-state index contributed by atoms with van der Waals surface area (Å²) in [5.41, 5.74) is 2.68. The van der Waals surface area contributed by atoms with Gasteiger partial charge >= 0.3 is 0 Å². The number of nitrogens with zero attached hydrogens (tertiary/aromatic N) is 4. The molecule has 0 unspecified atom stereocenters. The van der Waals surface area contributed by atoms with Gasteiger partial charge in [0.05, 0.1) is 36.9 Å². The van der Waals surface area contributed by atoms with E-state index in [0.717, 1.165) is 5.56 Å². The minimum Gasteiger partial charge on any atom is -0.496 e. The van der Waals surface area contributed by atoms with Gasteiger partial charge in [-0.25, -0.2) is 0 Å². The number of fused-ring (bicyclic) bond motifs is 1. The summed E-state index contributed by atoms with van der Waals surface area (Å²) in [6.45, 7) is 0.578. The van der Waals surface area contributed by atoms with E-state index in [0.29, 0.717) is 34.8 Å². The van der Waals surface area contributed by atoms with Crippen molar-refractivity contribution in [2.24, 2.45) is 0 Å². The van der Waals surface area contributed by atoms with Crippen LogP contribution in [0.4, 0.5) is 5.82 Å². The topological polar surface area (TPSA) is 106 Å². The summed E-state index contributed by atoms with van der Waals surface area (Å²) in [4.78, 5) is 43.7. The number of hydrogen-bond acceptors (Lipinski definition) is 6. The quantitative estimate of drug-likeness (QED) is 0.418. The molecular weight excluding hydrogens is 446 g/mol. The molecule has 0 radical (unpaired) electrons. The molecule has 4 aromatic rings. The number of imide groups is 1. The van der Waals surface area contributed by atoms with Crippen LogP contribution >= 0.6 is 0 Å². The second-order valence-corrected chi connectivity index (χ2v) is 7.98. The normalized spacial score (nSPS) is 12.5. The van der Waals surface area contributed by atoms with Gasteiger partial charge in [-0.05, 0) is 47.5 Å². The third kappa shape index (κ3) is 4.39. The first-order valence-electron chi connectivity index (χ1n) is 10.9. The van der Waals surface area contributed by atoms with Gasteiger partial charge in [-0.1, -0.05) is 18.2 Å². The van der Waals surface area contributed by atoms with Crippen LogP contribution in [0.2, 0.25) is 0 Å². The zero-order chi connectivity index (χ0) is 24.4. The van der Waals surface area contributed by atoms with Gasteiger partial charge in [-0.2, -0.15) is 5.10 Å². The van der Waals surface area contributed by atoms with Crippen LogP contribution in [0.15, 0.2) is 79.3 Å². The third-order valence-corrected chi connectivity index (χ3v) is 5.70. The Morgan fingerprint density at radius 1 is 0.914 bits per heavy atom. The maximum atomic E-state index is 13.1. The summed E-state index contributed by atoms with van der Waals surface area (Å²) in [5.74, 6) is -0.374. The lowest BCUT2D eigenvalue weighted by Gasteiger charge is -2.16. The lowest BCUT2D eigenvalue weighted by Crippen LogP contribution is -2.29. The minimum absolute atomic E-state index is 0.0389. The number of hydrogen-bond donors (Lipinski definition) is 1. The molecule has 3 heterocycles. The van der Waals surface area contributed by atoms with E-state index >= 15 is 0 Å². The zero-order valence-electron chi connectivity index (χ0n) is 18.8. The van der Waals surface area contributed by atoms with Gasteiger partial charge in [0.1, 0.15) is 5.75 Å². The fraction of sp³-hybridized carbons (Fsp3) is 0.115. The Bertz CT molecular complexity index is 1400. The van der Waals surface area contributed by atoms with Crippen molar-refractivity contribution in [3.8, 4) is 5.75 Å². The molecule has 0 spiro atoms. The molecule has 9 heteroatoms. The summed E-state index contributed by atoms with van der Waals surface area (Å²) in [6.07, 6.45) is 5.19. The van der Waals surface area contributed by atoms with Crippen molar-refractivity contribution in [2.75, 3.05) is 12.4 Å². The van der Waals surface area contributed by atoms with Crippen LogP contribution in [-0.2, 0) is 13.1 Å². The van der Waals surface area contributed by atoms with Gasteiger partial charge in [-0.15, -0.1) is 0 Å². The smallest absolute Gasteiger partial charge is 0.261 e. The minimum atomic E-state index is -0.416. The number of nitrogens with one attached hydrogen (secondary N) is 1. The number of methoxy groups -OCH3 is 1. The third-order valence-electron chi connectivity index (χ3n) is 5.70. The van der Waals surface area contributed by atoms with Crippen molar-refractivity contribution in [2.45, 2.75) is 13.1 Å². The van der Waals surface area contributed by atoms with Gasteiger partial charge in [0, 0.05) is 24.7 Å². The van der Waals surface area contributed by atoms with E-state index in [4.69, 9.17) is 4.74 Å². The Hall–Kier alpha value is -4.79. The summed E-state index contributed by atoms with van der Waals surface area (Å²) >= 11 is 0. The summed E-state index contributed by atoms with van der Waals surface area (Å²) in [6, 6.07) is 17.2. The van der Waals surface area contributed by atoms with E-state index in [2.05, 4.69) is 15.4 Å². The van der Waals surface area contributed by atoms with Crippen LogP contribution in [0.25, 0.3) is 0 Å². The molecule has 0 aliphatic carbocycles. The highest BCUT2D eigenvalue weighted by molar-refractivity contribution is 6.21. The number of anilines is 1. The molecule has 0 bridgehead atoms. The molecule has 9 nitrogen and oxygen atoms in total. The summed E-state index contributed by atoms with van der Waals surface area (Å²) in [5, 5.41) is 7.18. The Morgan fingerprint density at radius 3 is 2.31 bits per heavy atom. The van der Waals surface area contributed by atoms with E-state index in [1.807, 2.05) is 12.1 Å². The molecule has 1 aliphatic rings. The average Bonchev–Trinajstić information content (AvgIpc) is 3.42. The average molecular weight is 467 g/mol. The van der Waals surface area contributed by atoms with Crippen molar-refractivity contribution in [1.82, 2.24) is 19.7 Å². The van der Waals surface area contributed by atoms with Crippen molar-refractivity contribution < 1.29 is 19.1 Å². The molecule has 35 heavy (non-hydrogen) atoms. The molecule has 0 atom stereocenters. The van der Waals surface area contributed by atoms with Crippen LogP contribution in [0.1, 0.15) is 42.2 Å². The van der Waals surface area contributed by atoms with Crippen LogP contribution in [-0.4, -0.2) is 44.5 Å². The number of benzene rings is 2. The highest BCUT2D eigenvalue weighted by Crippen LogP contribution is 2.27. The van der Waals surface area contributed by atoms with E-state index in [-0.39, 0.29) is 23.9 Å². The molecule has 5 rings (SSSR count). The molecule has 0 saturated heterocycles.